The fourth-order valence-corrected chi connectivity index (χ4v) is 1.76. The third kappa shape index (κ3) is 3.19. The summed E-state index contributed by atoms with van der Waals surface area (Å²) >= 11 is 0.911. The highest BCUT2D eigenvalue weighted by Crippen LogP contribution is 2.23. The van der Waals surface area contributed by atoms with Crippen LogP contribution in [0.25, 0.3) is 0 Å². The maximum Gasteiger partial charge on any atom is 0.185 e. The van der Waals surface area contributed by atoms with Gasteiger partial charge in [-0.1, -0.05) is 11.8 Å². The molecule has 0 bridgehead atoms. The molecule has 16 heavy (non-hydrogen) atoms. The molecule has 2 N–H and O–H groups in total. The predicted molar refractivity (Wildman–Crippen MR) is 58.2 cm³/mol. The molecule has 1 aromatic rings. The molecule has 88 valence electrons. The number of thioether (sulfide) groups is 1. The van der Waals surface area contributed by atoms with Gasteiger partial charge in [-0.3, -0.25) is 9.59 Å². The maximum atomic E-state index is 10.7. The van der Waals surface area contributed by atoms with Crippen molar-refractivity contribution in [1.82, 2.24) is 0 Å². The Morgan fingerprint density at radius 2 is 2.31 bits per heavy atom. The molecule has 0 aliphatic carbocycles. The smallest absolute Gasteiger partial charge is 0.185 e. The zero-order valence-corrected chi connectivity index (χ0v) is 9.44. The third-order valence-corrected chi connectivity index (χ3v) is 2.89. The van der Waals surface area contributed by atoms with Crippen LogP contribution in [0, 0.1) is 0 Å². The number of aliphatic hydroxyl groups excluding tert-OH is 2. The number of carbonyl (C=O) groups is 2. The molecule has 0 aliphatic heterocycles. The van der Waals surface area contributed by atoms with Gasteiger partial charge < -0.3 is 14.6 Å². The SMILES string of the molecule is CC(=O)SCC(O)C(O)c1ccoc1C=O. The fourth-order valence-electron chi connectivity index (χ4n) is 1.17. The second kappa shape index (κ2) is 5.83. The average molecular weight is 244 g/mol. The Balaban J connectivity index is 2.66. The second-order valence-electron chi connectivity index (χ2n) is 3.17. The summed E-state index contributed by atoms with van der Waals surface area (Å²) in [5.74, 6) is 0.0550. The van der Waals surface area contributed by atoms with Crippen LogP contribution >= 0.6 is 11.8 Å². The third-order valence-electron chi connectivity index (χ3n) is 1.97. The molecule has 0 aromatic carbocycles. The molecule has 1 heterocycles. The van der Waals surface area contributed by atoms with E-state index in [0.29, 0.717) is 6.29 Å². The lowest BCUT2D eigenvalue weighted by Crippen LogP contribution is -2.21. The summed E-state index contributed by atoms with van der Waals surface area (Å²) in [6.07, 6.45) is -0.632. The van der Waals surface area contributed by atoms with Crippen LogP contribution in [0.3, 0.4) is 0 Å². The molecule has 0 saturated heterocycles. The largest absolute Gasteiger partial charge is 0.461 e. The molecule has 0 spiro atoms. The van der Waals surface area contributed by atoms with Crippen molar-refractivity contribution in [3.63, 3.8) is 0 Å². The van der Waals surface area contributed by atoms with E-state index < -0.39 is 12.2 Å². The number of aldehydes is 1. The van der Waals surface area contributed by atoms with Crippen molar-refractivity contribution >= 4 is 23.2 Å². The lowest BCUT2D eigenvalue weighted by Gasteiger charge is -2.15. The number of furan rings is 1. The first kappa shape index (κ1) is 13.0. The minimum Gasteiger partial charge on any atom is -0.461 e. The maximum absolute atomic E-state index is 10.7. The van der Waals surface area contributed by atoms with Gasteiger partial charge in [0.1, 0.15) is 6.10 Å². The molecule has 5 nitrogen and oxygen atoms in total. The topological polar surface area (TPSA) is 87.7 Å². The lowest BCUT2D eigenvalue weighted by atomic mass is 10.1. The second-order valence-corrected chi connectivity index (χ2v) is 4.37. The van der Waals surface area contributed by atoms with Gasteiger partial charge in [-0.25, -0.2) is 0 Å². The first-order chi connectivity index (χ1) is 7.56. The lowest BCUT2D eigenvalue weighted by molar-refractivity contribution is -0.109. The first-order valence-electron chi connectivity index (χ1n) is 4.58. The molecular formula is C10H12O5S. The quantitative estimate of drug-likeness (QED) is 0.744. The molecule has 0 amide bonds. The van der Waals surface area contributed by atoms with Crippen molar-refractivity contribution in [2.75, 3.05) is 5.75 Å². The molecule has 0 saturated carbocycles. The zero-order chi connectivity index (χ0) is 12.1. The summed E-state index contributed by atoms with van der Waals surface area (Å²) in [7, 11) is 0. The van der Waals surface area contributed by atoms with Crippen molar-refractivity contribution in [3.8, 4) is 0 Å². The predicted octanol–water partition coefficient (Wildman–Crippen LogP) is 0.766. The van der Waals surface area contributed by atoms with Gasteiger partial charge in [-0.15, -0.1) is 0 Å². The summed E-state index contributed by atoms with van der Waals surface area (Å²) < 4.78 is 4.80. The monoisotopic (exact) mass is 244 g/mol. The van der Waals surface area contributed by atoms with E-state index in [4.69, 9.17) is 4.42 Å². The van der Waals surface area contributed by atoms with Gasteiger partial charge in [0.05, 0.1) is 12.4 Å². The van der Waals surface area contributed by atoms with Crippen molar-refractivity contribution in [3.05, 3.63) is 23.7 Å². The summed E-state index contributed by atoms with van der Waals surface area (Å²) in [5, 5.41) is 19.1. The van der Waals surface area contributed by atoms with Crippen LogP contribution in [0.4, 0.5) is 0 Å². The fraction of sp³-hybridized carbons (Fsp3) is 0.400. The van der Waals surface area contributed by atoms with Crippen molar-refractivity contribution in [2.24, 2.45) is 0 Å². The average Bonchev–Trinajstić information content (AvgIpc) is 2.72. The highest BCUT2D eigenvalue weighted by atomic mass is 32.2. The van der Waals surface area contributed by atoms with Gasteiger partial charge in [0, 0.05) is 18.2 Å². The van der Waals surface area contributed by atoms with E-state index in [-0.39, 0.29) is 22.2 Å². The van der Waals surface area contributed by atoms with E-state index in [9.17, 15) is 19.8 Å². The molecule has 2 atom stereocenters. The first-order valence-corrected chi connectivity index (χ1v) is 5.57. The van der Waals surface area contributed by atoms with Crippen LogP contribution in [-0.4, -0.2) is 33.5 Å². The minimum absolute atomic E-state index is 0.0145. The van der Waals surface area contributed by atoms with Gasteiger partial charge in [0.2, 0.25) is 0 Å². The van der Waals surface area contributed by atoms with Crippen LogP contribution in [0.1, 0.15) is 29.1 Å². The van der Waals surface area contributed by atoms with Crippen molar-refractivity contribution < 1.29 is 24.2 Å². The van der Waals surface area contributed by atoms with Crippen molar-refractivity contribution in [1.29, 1.82) is 0 Å². The highest BCUT2D eigenvalue weighted by Gasteiger charge is 2.23. The van der Waals surface area contributed by atoms with Gasteiger partial charge in [0.15, 0.2) is 17.2 Å². The molecule has 0 fully saturated rings. The number of carbonyl (C=O) groups excluding carboxylic acids is 2. The Morgan fingerprint density at radius 3 is 2.88 bits per heavy atom. The van der Waals surface area contributed by atoms with E-state index >= 15 is 0 Å². The Bertz CT molecular complexity index is 373. The summed E-state index contributed by atoms with van der Waals surface area (Å²) in [4.78, 5) is 21.2. The molecular weight excluding hydrogens is 232 g/mol. The van der Waals surface area contributed by atoms with Crippen molar-refractivity contribution in [2.45, 2.75) is 19.1 Å². The molecule has 6 heteroatoms. The van der Waals surface area contributed by atoms with E-state index in [1.807, 2.05) is 0 Å². The van der Waals surface area contributed by atoms with Gasteiger partial charge >= 0.3 is 0 Å². The standard InChI is InChI=1S/C10H12O5S/c1-6(12)16-5-8(13)10(14)7-2-3-15-9(7)4-11/h2-4,8,10,13-14H,5H2,1H3. The highest BCUT2D eigenvalue weighted by molar-refractivity contribution is 8.13. The molecule has 0 aliphatic rings. The number of hydrogen-bond acceptors (Lipinski definition) is 6. The van der Waals surface area contributed by atoms with Gasteiger partial charge in [0.25, 0.3) is 0 Å². The van der Waals surface area contributed by atoms with Crippen LogP contribution in [0.15, 0.2) is 16.7 Å². The Morgan fingerprint density at radius 1 is 1.62 bits per heavy atom. The molecule has 2 unspecified atom stereocenters. The van der Waals surface area contributed by atoms with E-state index in [1.54, 1.807) is 0 Å². The Labute approximate surface area is 96.5 Å². The summed E-state index contributed by atoms with van der Waals surface area (Å²) in [6.45, 7) is 1.37. The van der Waals surface area contributed by atoms with E-state index in [2.05, 4.69) is 0 Å². The molecule has 1 aromatic heterocycles. The summed E-state index contributed by atoms with van der Waals surface area (Å²) in [5.41, 5.74) is 0.228. The number of hydrogen-bond donors (Lipinski definition) is 2. The Kier molecular flexibility index (Phi) is 4.72. The zero-order valence-electron chi connectivity index (χ0n) is 8.62. The Hall–Kier alpha value is -1.11. The van der Waals surface area contributed by atoms with Crippen LogP contribution < -0.4 is 0 Å². The summed E-state index contributed by atoms with van der Waals surface area (Å²) in [6, 6.07) is 1.41. The van der Waals surface area contributed by atoms with Gasteiger partial charge in [-0.2, -0.15) is 0 Å². The van der Waals surface area contributed by atoms with E-state index in [1.165, 1.54) is 19.3 Å². The number of rotatable bonds is 5. The van der Waals surface area contributed by atoms with Gasteiger partial charge in [-0.05, 0) is 6.07 Å². The van der Waals surface area contributed by atoms with Crippen LogP contribution in [-0.2, 0) is 4.79 Å². The van der Waals surface area contributed by atoms with Crippen LogP contribution in [0.2, 0.25) is 0 Å². The minimum atomic E-state index is -1.23. The molecule has 1 rings (SSSR count). The number of aliphatic hydroxyl groups is 2. The van der Waals surface area contributed by atoms with Crippen LogP contribution in [0.5, 0.6) is 0 Å². The normalized spacial score (nSPS) is 14.4. The van der Waals surface area contributed by atoms with E-state index in [0.717, 1.165) is 11.8 Å². The molecule has 0 radical (unpaired) electrons.